The first-order chi connectivity index (χ1) is 11.7. The summed E-state index contributed by atoms with van der Waals surface area (Å²) in [5, 5.41) is 4.12. The molecule has 24 heavy (non-hydrogen) atoms. The summed E-state index contributed by atoms with van der Waals surface area (Å²) in [6.45, 7) is 2.20. The Kier molecular flexibility index (Phi) is 2.70. The van der Waals surface area contributed by atoms with E-state index in [1.54, 1.807) is 0 Å². The van der Waals surface area contributed by atoms with E-state index in [0.29, 0.717) is 12.0 Å². The van der Waals surface area contributed by atoms with Crippen LogP contribution in [0.1, 0.15) is 17.2 Å². The molecule has 0 saturated heterocycles. The molecule has 118 valence electrons. The first-order valence-corrected chi connectivity index (χ1v) is 8.59. The molecule has 0 amide bonds. The molecule has 1 aliphatic heterocycles. The van der Waals surface area contributed by atoms with Crippen LogP contribution in [0.5, 0.6) is 0 Å². The summed E-state index contributed by atoms with van der Waals surface area (Å²) >= 11 is 0. The molecule has 0 fully saturated rings. The van der Waals surface area contributed by atoms with Gasteiger partial charge in [0.25, 0.3) is 0 Å². The van der Waals surface area contributed by atoms with Gasteiger partial charge in [-0.05, 0) is 24.6 Å². The summed E-state index contributed by atoms with van der Waals surface area (Å²) in [4.78, 5) is 2.45. The first-order valence-electron chi connectivity index (χ1n) is 8.59. The second-order valence-corrected chi connectivity index (χ2v) is 7.07. The Balaban J connectivity index is 2.05. The number of rotatable bonds is 0. The maximum Gasteiger partial charge on any atom is 0.213 e. The molecule has 0 spiro atoms. The van der Waals surface area contributed by atoms with Gasteiger partial charge in [-0.1, -0.05) is 42.5 Å². The van der Waals surface area contributed by atoms with Crippen LogP contribution in [0.3, 0.4) is 0 Å². The Bertz CT molecular complexity index is 1060. The first kappa shape index (κ1) is 13.8. The number of allylic oxidation sites excluding steroid dienone is 2. The summed E-state index contributed by atoms with van der Waals surface area (Å²) in [6.07, 6.45) is 9.05. The molecule has 5 rings (SSSR count). The van der Waals surface area contributed by atoms with E-state index in [0.717, 1.165) is 0 Å². The van der Waals surface area contributed by atoms with Crippen molar-refractivity contribution in [2.45, 2.75) is 18.9 Å². The molecular formula is C22H21N2+. The van der Waals surface area contributed by atoms with Gasteiger partial charge in [0.05, 0.1) is 28.4 Å². The number of aromatic nitrogens is 1. The third kappa shape index (κ3) is 1.63. The van der Waals surface area contributed by atoms with Gasteiger partial charge in [0.1, 0.15) is 7.05 Å². The van der Waals surface area contributed by atoms with Gasteiger partial charge in [-0.15, -0.1) is 0 Å². The molecule has 0 saturated carbocycles. The fourth-order valence-corrected chi connectivity index (χ4v) is 4.59. The summed E-state index contributed by atoms with van der Waals surface area (Å²) in [5.41, 5.74) is 5.41. The molecule has 2 unspecified atom stereocenters. The minimum atomic E-state index is 0.389. The number of hydrogen-bond donors (Lipinski definition) is 0. The maximum atomic E-state index is 2.45. The quantitative estimate of drug-likeness (QED) is 0.447. The lowest BCUT2D eigenvalue weighted by molar-refractivity contribution is -0.652. The molecule has 0 radical (unpaired) electrons. The Morgan fingerprint density at radius 1 is 1.00 bits per heavy atom. The molecule has 2 aromatic carbocycles. The van der Waals surface area contributed by atoms with Gasteiger partial charge < -0.3 is 4.90 Å². The van der Waals surface area contributed by atoms with E-state index in [1.165, 1.54) is 38.6 Å². The van der Waals surface area contributed by atoms with Gasteiger partial charge in [0.2, 0.25) is 11.2 Å². The van der Waals surface area contributed by atoms with E-state index in [9.17, 15) is 0 Å². The second kappa shape index (κ2) is 4.70. The monoisotopic (exact) mass is 313 g/mol. The predicted octanol–water partition coefficient (Wildman–Crippen LogP) is 4.15. The molecule has 3 aromatic rings. The van der Waals surface area contributed by atoms with Crippen molar-refractivity contribution < 1.29 is 4.57 Å². The van der Waals surface area contributed by atoms with E-state index in [4.69, 9.17) is 0 Å². The SMILES string of the molecule is Cc1cc2c3c([n+](C)c4ccccc4c3c1)C1C=CC=CC1N2C. The minimum absolute atomic E-state index is 0.389. The van der Waals surface area contributed by atoms with Crippen molar-refractivity contribution in [3.8, 4) is 0 Å². The molecule has 2 aliphatic rings. The molecule has 2 atom stereocenters. The van der Waals surface area contributed by atoms with Crippen molar-refractivity contribution in [3.63, 3.8) is 0 Å². The predicted molar refractivity (Wildman–Crippen MR) is 101 cm³/mol. The van der Waals surface area contributed by atoms with Gasteiger partial charge in [0.15, 0.2) is 0 Å². The van der Waals surface area contributed by atoms with Crippen LogP contribution in [0.25, 0.3) is 21.7 Å². The van der Waals surface area contributed by atoms with Crippen molar-refractivity contribution >= 4 is 27.4 Å². The molecule has 1 aromatic heterocycles. The van der Waals surface area contributed by atoms with Crippen molar-refractivity contribution in [2.75, 3.05) is 11.9 Å². The normalized spacial score (nSPS) is 21.5. The van der Waals surface area contributed by atoms with Gasteiger partial charge >= 0.3 is 0 Å². The van der Waals surface area contributed by atoms with Crippen LogP contribution < -0.4 is 9.47 Å². The fraction of sp³-hybridized carbons (Fsp3) is 0.227. The van der Waals surface area contributed by atoms with Crippen molar-refractivity contribution in [2.24, 2.45) is 7.05 Å². The summed E-state index contributed by atoms with van der Waals surface area (Å²) in [7, 11) is 4.45. The number of aryl methyl sites for hydroxylation is 2. The van der Waals surface area contributed by atoms with Crippen LogP contribution in [0.4, 0.5) is 5.69 Å². The summed E-state index contributed by atoms with van der Waals surface area (Å²) < 4.78 is 2.41. The molecule has 2 heterocycles. The largest absolute Gasteiger partial charge is 0.366 e. The number of fused-ring (bicyclic) bond motifs is 4. The average Bonchev–Trinajstić information content (AvgIpc) is 2.61. The van der Waals surface area contributed by atoms with E-state index in [1.807, 2.05) is 0 Å². The highest BCUT2D eigenvalue weighted by atomic mass is 15.2. The average molecular weight is 313 g/mol. The number of pyridine rings is 1. The molecule has 1 aliphatic carbocycles. The Labute approximate surface area is 142 Å². The number of para-hydroxylation sites is 1. The third-order valence-electron chi connectivity index (χ3n) is 5.68. The highest BCUT2D eigenvalue weighted by Gasteiger charge is 2.39. The van der Waals surface area contributed by atoms with Crippen LogP contribution >= 0.6 is 0 Å². The van der Waals surface area contributed by atoms with Crippen molar-refractivity contribution in [3.05, 3.63) is 72.0 Å². The van der Waals surface area contributed by atoms with Crippen LogP contribution in [0, 0.1) is 6.92 Å². The number of anilines is 1. The van der Waals surface area contributed by atoms with Crippen LogP contribution in [0.15, 0.2) is 60.7 Å². The number of nitrogens with zero attached hydrogens (tertiary/aromatic N) is 2. The Hall–Kier alpha value is -2.61. The zero-order chi connectivity index (χ0) is 16.4. The molecular weight excluding hydrogens is 292 g/mol. The van der Waals surface area contributed by atoms with E-state index in [2.05, 4.69) is 91.2 Å². The standard InChI is InChI=1S/C22H21N2/c1-14-12-17-15-8-4-6-10-18(15)24(3)22-16-9-5-7-11-19(16)23(2)20(13-14)21(17)22/h4-13,16,19H,1-3H3/q+1. The zero-order valence-electron chi connectivity index (χ0n) is 14.3. The Morgan fingerprint density at radius 3 is 2.67 bits per heavy atom. The minimum Gasteiger partial charge on any atom is -0.366 e. The zero-order valence-corrected chi connectivity index (χ0v) is 14.3. The summed E-state index contributed by atoms with van der Waals surface area (Å²) in [6, 6.07) is 13.8. The van der Waals surface area contributed by atoms with E-state index in [-0.39, 0.29) is 0 Å². The third-order valence-corrected chi connectivity index (χ3v) is 5.68. The molecule has 2 heteroatoms. The number of likely N-dealkylation sites (N-methyl/N-ethyl adjacent to an activating group) is 1. The van der Waals surface area contributed by atoms with Gasteiger partial charge in [-0.3, -0.25) is 0 Å². The van der Waals surface area contributed by atoms with Gasteiger partial charge in [-0.25, -0.2) is 0 Å². The lowest BCUT2D eigenvalue weighted by Crippen LogP contribution is -2.46. The van der Waals surface area contributed by atoms with Crippen molar-refractivity contribution in [1.29, 1.82) is 0 Å². The lowest BCUT2D eigenvalue weighted by Gasteiger charge is -2.38. The lowest BCUT2D eigenvalue weighted by atomic mass is 9.82. The number of hydrogen-bond acceptors (Lipinski definition) is 1. The fourth-order valence-electron chi connectivity index (χ4n) is 4.59. The van der Waals surface area contributed by atoms with Crippen LogP contribution in [-0.4, -0.2) is 13.1 Å². The number of benzene rings is 2. The van der Waals surface area contributed by atoms with Gasteiger partial charge in [-0.2, -0.15) is 4.57 Å². The molecule has 0 N–H and O–H groups in total. The maximum absolute atomic E-state index is 2.45. The van der Waals surface area contributed by atoms with E-state index >= 15 is 0 Å². The summed E-state index contributed by atoms with van der Waals surface area (Å²) in [5.74, 6) is 0.396. The van der Waals surface area contributed by atoms with Gasteiger partial charge in [0, 0.05) is 18.5 Å². The highest BCUT2D eigenvalue weighted by molar-refractivity contribution is 6.11. The highest BCUT2D eigenvalue weighted by Crippen LogP contribution is 2.44. The Morgan fingerprint density at radius 2 is 1.79 bits per heavy atom. The molecule has 0 bridgehead atoms. The van der Waals surface area contributed by atoms with Crippen LogP contribution in [0.2, 0.25) is 0 Å². The van der Waals surface area contributed by atoms with Crippen molar-refractivity contribution in [1.82, 2.24) is 0 Å². The van der Waals surface area contributed by atoms with Crippen LogP contribution in [-0.2, 0) is 7.05 Å². The smallest absolute Gasteiger partial charge is 0.213 e. The molecule has 2 nitrogen and oxygen atoms in total. The topological polar surface area (TPSA) is 7.12 Å². The van der Waals surface area contributed by atoms with E-state index < -0.39 is 0 Å². The second-order valence-electron chi connectivity index (χ2n) is 7.07.